The summed E-state index contributed by atoms with van der Waals surface area (Å²) in [6, 6.07) is 3.85. The fraction of sp³-hybridized carbons (Fsp3) is 0.231. The summed E-state index contributed by atoms with van der Waals surface area (Å²) in [4.78, 5) is 16.3. The van der Waals surface area contributed by atoms with E-state index in [4.69, 9.17) is 10.5 Å². The van der Waals surface area contributed by atoms with Crippen LogP contribution >= 0.6 is 11.3 Å². The van der Waals surface area contributed by atoms with Gasteiger partial charge in [0.2, 0.25) is 5.78 Å². The smallest absolute Gasteiger partial charge is 0.212 e. The average Bonchev–Trinajstić information content (AvgIpc) is 2.87. The number of halogens is 1. The summed E-state index contributed by atoms with van der Waals surface area (Å²) in [5.74, 6) is -0.799. The van der Waals surface area contributed by atoms with E-state index >= 15 is 0 Å². The summed E-state index contributed by atoms with van der Waals surface area (Å²) in [5.41, 5.74) is 6.20. The van der Waals surface area contributed by atoms with Gasteiger partial charge in [0, 0.05) is 10.9 Å². The second-order valence-corrected chi connectivity index (χ2v) is 4.93. The number of thiazole rings is 1. The van der Waals surface area contributed by atoms with Crippen LogP contribution in [0.5, 0.6) is 5.75 Å². The Bertz CT molecular complexity index is 610. The molecule has 0 aliphatic rings. The maximum Gasteiger partial charge on any atom is 0.212 e. The molecule has 0 fully saturated rings. The van der Waals surface area contributed by atoms with Crippen LogP contribution in [0.2, 0.25) is 0 Å². The standard InChI is InChI=1S/C13H13FN2O2S/c1-7(15)13-16-10(6-19-13)12(17)8-3-4-11(18-2)9(14)5-8/h3-7H,15H2,1-2H3. The van der Waals surface area contributed by atoms with Crippen LogP contribution in [0.4, 0.5) is 4.39 Å². The number of ether oxygens (including phenoxy) is 1. The number of hydrogen-bond acceptors (Lipinski definition) is 5. The van der Waals surface area contributed by atoms with Gasteiger partial charge in [-0.2, -0.15) is 0 Å². The predicted octanol–water partition coefficient (Wildman–Crippen LogP) is 2.54. The van der Waals surface area contributed by atoms with Gasteiger partial charge in [-0.15, -0.1) is 11.3 Å². The van der Waals surface area contributed by atoms with Gasteiger partial charge in [0.05, 0.1) is 13.2 Å². The molecule has 1 heterocycles. The summed E-state index contributed by atoms with van der Waals surface area (Å²) in [5, 5.41) is 2.31. The van der Waals surface area contributed by atoms with Gasteiger partial charge >= 0.3 is 0 Å². The van der Waals surface area contributed by atoms with Crippen molar-refractivity contribution >= 4 is 17.1 Å². The first-order valence-electron chi connectivity index (χ1n) is 5.62. The van der Waals surface area contributed by atoms with Crippen molar-refractivity contribution in [2.75, 3.05) is 7.11 Å². The Labute approximate surface area is 114 Å². The molecule has 0 aliphatic carbocycles. The van der Waals surface area contributed by atoms with E-state index in [9.17, 15) is 9.18 Å². The van der Waals surface area contributed by atoms with Crippen molar-refractivity contribution in [2.45, 2.75) is 13.0 Å². The molecule has 1 aromatic carbocycles. The summed E-state index contributed by atoms with van der Waals surface area (Å²) in [6.07, 6.45) is 0. The maximum absolute atomic E-state index is 13.5. The van der Waals surface area contributed by atoms with Crippen LogP contribution in [0, 0.1) is 5.82 Å². The van der Waals surface area contributed by atoms with E-state index in [1.807, 2.05) is 0 Å². The highest BCUT2D eigenvalue weighted by Gasteiger charge is 2.16. The Balaban J connectivity index is 2.30. The third-order valence-corrected chi connectivity index (χ3v) is 3.60. The van der Waals surface area contributed by atoms with Crippen LogP contribution in [0.25, 0.3) is 0 Å². The molecule has 0 saturated heterocycles. The highest BCUT2D eigenvalue weighted by atomic mass is 32.1. The van der Waals surface area contributed by atoms with Gasteiger partial charge in [-0.3, -0.25) is 4.79 Å². The molecule has 0 aliphatic heterocycles. The van der Waals surface area contributed by atoms with Crippen molar-refractivity contribution in [1.82, 2.24) is 4.98 Å². The Morgan fingerprint density at radius 2 is 2.26 bits per heavy atom. The number of carbonyl (C=O) groups is 1. The van der Waals surface area contributed by atoms with Crippen molar-refractivity contribution in [3.8, 4) is 5.75 Å². The lowest BCUT2D eigenvalue weighted by molar-refractivity contribution is 0.103. The molecule has 1 unspecified atom stereocenters. The molecule has 19 heavy (non-hydrogen) atoms. The Hall–Kier alpha value is -1.79. The molecule has 0 bridgehead atoms. The first-order chi connectivity index (χ1) is 9.02. The van der Waals surface area contributed by atoms with Gasteiger partial charge in [-0.1, -0.05) is 0 Å². The highest BCUT2D eigenvalue weighted by Crippen LogP contribution is 2.22. The Kier molecular flexibility index (Phi) is 3.92. The van der Waals surface area contributed by atoms with Gasteiger partial charge in [0.1, 0.15) is 10.7 Å². The van der Waals surface area contributed by atoms with Crippen LogP contribution in [-0.2, 0) is 0 Å². The number of methoxy groups -OCH3 is 1. The molecule has 2 N–H and O–H groups in total. The van der Waals surface area contributed by atoms with Crippen molar-refractivity contribution < 1.29 is 13.9 Å². The third-order valence-electron chi connectivity index (χ3n) is 2.56. The normalized spacial score (nSPS) is 12.2. The SMILES string of the molecule is COc1ccc(C(=O)c2csc(C(C)N)n2)cc1F. The molecular weight excluding hydrogens is 267 g/mol. The molecule has 4 nitrogen and oxygen atoms in total. The first kappa shape index (κ1) is 13.6. The second kappa shape index (κ2) is 5.46. The highest BCUT2D eigenvalue weighted by molar-refractivity contribution is 7.09. The summed E-state index contributed by atoms with van der Waals surface area (Å²) >= 11 is 1.32. The van der Waals surface area contributed by atoms with Gasteiger partial charge in [-0.25, -0.2) is 9.37 Å². The van der Waals surface area contributed by atoms with Gasteiger partial charge < -0.3 is 10.5 Å². The minimum atomic E-state index is -0.573. The molecule has 1 atom stereocenters. The number of benzene rings is 1. The summed E-state index contributed by atoms with van der Waals surface area (Å²) in [7, 11) is 1.37. The van der Waals surface area contributed by atoms with E-state index in [1.165, 1.54) is 30.6 Å². The molecule has 6 heteroatoms. The molecule has 100 valence electrons. The lowest BCUT2D eigenvalue weighted by Crippen LogP contribution is -2.07. The lowest BCUT2D eigenvalue weighted by atomic mass is 10.1. The number of carbonyl (C=O) groups excluding carboxylic acids is 1. The first-order valence-corrected chi connectivity index (χ1v) is 6.50. The monoisotopic (exact) mass is 280 g/mol. The molecule has 0 amide bonds. The Morgan fingerprint density at radius 1 is 1.53 bits per heavy atom. The fourth-order valence-corrected chi connectivity index (χ4v) is 2.31. The van der Waals surface area contributed by atoms with Crippen molar-refractivity contribution in [3.63, 3.8) is 0 Å². The largest absolute Gasteiger partial charge is 0.494 e. The molecule has 1 aromatic heterocycles. The van der Waals surface area contributed by atoms with E-state index in [0.717, 1.165) is 6.07 Å². The molecule has 2 rings (SSSR count). The quantitative estimate of drug-likeness (QED) is 0.874. The minimum Gasteiger partial charge on any atom is -0.494 e. The number of rotatable bonds is 4. The zero-order valence-electron chi connectivity index (χ0n) is 10.5. The molecule has 0 spiro atoms. The van der Waals surface area contributed by atoms with Crippen LogP contribution in [-0.4, -0.2) is 17.9 Å². The van der Waals surface area contributed by atoms with E-state index in [2.05, 4.69) is 4.98 Å². The van der Waals surface area contributed by atoms with Crippen molar-refractivity contribution in [2.24, 2.45) is 5.73 Å². The van der Waals surface area contributed by atoms with E-state index in [-0.39, 0.29) is 28.8 Å². The maximum atomic E-state index is 13.5. The fourth-order valence-electron chi connectivity index (χ4n) is 1.56. The number of hydrogen-bond donors (Lipinski definition) is 1. The Morgan fingerprint density at radius 3 is 2.79 bits per heavy atom. The van der Waals surface area contributed by atoms with Gasteiger partial charge in [0.15, 0.2) is 11.6 Å². The number of aromatic nitrogens is 1. The topological polar surface area (TPSA) is 65.2 Å². The second-order valence-electron chi connectivity index (χ2n) is 4.04. The number of nitrogens with zero attached hydrogens (tertiary/aromatic N) is 1. The third kappa shape index (κ3) is 2.80. The molecule has 0 radical (unpaired) electrons. The number of ketones is 1. The van der Waals surface area contributed by atoms with Crippen LogP contribution in [0.3, 0.4) is 0 Å². The van der Waals surface area contributed by atoms with Crippen LogP contribution < -0.4 is 10.5 Å². The van der Waals surface area contributed by atoms with Crippen LogP contribution in [0.1, 0.15) is 34.0 Å². The molecule has 2 aromatic rings. The molecular formula is C13H13FN2O2S. The lowest BCUT2D eigenvalue weighted by Gasteiger charge is -2.03. The average molecular weight is 280 g/mol. The summed E-state index contributed by atoms with van der Waals surface area (Å²) < 4.78 is 18.3. The van der Waals surface area contributed by atoms with Crippen molar-refractivity contribution in [1.29, 1.82) is 0 Å². The summed E-state index contributed by atoms with van der Waals surface area (Å²) in [6.45, 7) is 1.79. The van der Waals surface area contributed by atoms with Gasteiger partial charge in [-0.05, 0) is 25.1 Å². The number of nitrogens with two attached hydrogens (primary N) is 1. The van der Waals surface area contributed by atoms with Crippen LogP contribution in [0.15, 0.2) is 23.6 Å². The van der Waals surface area contributed by atoms with Gasteiger partial charge in [0.25, 0.3) is 0 Å². The van der Waals surface area contributed by atoms with Crippen molar-refractivity contribution in [3.05, 3.63) is 45.7 Å². The predicted molar refractivity (Wildman–Crippen MR) is 71.1 cm³/mol. The minimum absolute atomic E-state index is 0.103. The van der Waals surface area contributed by atoms with E-state index in [0.29, 0.717) is 5.01 Å². The van der Waals surface area contributed by atoms with E-state index < -0.39 is 5.82 Å². The molecule has 0 saturated carbocycles. The zero-order chi connectivity index (χ0) is 14.0. The van der Waals surface area contributed by atoms with E-state index in [1.54, 1.807) is 12.3 Å². The zero-order valence-corrected chi connectivity index (χ0v) is 11.3.